The highest BCUT2D eigenvalue weighted by Crippen LogP contribution is 2.27. The molecule has 8 heteroatoms. The van der Waals surface area contributed by atoms with Crippen molar-refractivity contribution in [2.75, 3.05) is 39.6 Å². The van der Waals surface area contributed by atoms with Crippen LogP contribution in [0.4, 0.5) is 5.69 Å². The number of methoxy groups -OCH3 is 1. The summed E-state index contributed by atoms with van der Waals surface area (Å²) in [5.74, 6) is 0.756. The second-order valence-electron chi connectivity index (χ2n) is 5.89. The third-order valence-corrected chi connectivity index (χ3v) is 3.89. The van der Waals surface area contributed by atoms with E-state index in [9.17, 15) is 9.59 Å². The number of ether oxygens (including phenoxy) is 1. The van der Waals surface area contributed by atoms with Gasteiger partial charge in [0, 0.05) is 12.1 Å². The number of halogens is 1. The van der Waals surface area contributed by atoms with Gasteiger partial charge in [-0.1, -0.05) is 11.6 Å². The van der Waals surface area contributed by atoms with Crippen molar-refractivity contribution in [2.24, 2.45) is 0 Å². The van der Waals surface area contributed by atoms with E-state index in [1.165, 1.54) is 12.0 Å². The Balaban J connectivity index is 1.86. The molecule has 2 aromatic rings. The highest BCUT2D eigenvalue weighted by atomic mass is 35.5. The van der Waals surface area contributed by atoms with Crippen molar-refractivity contribution in [1.82, 2.24) is 9.80 Å². The lowest BCUT2D eigenvalue weighted by Crippen LogP contribution is -2.40. The van der Waals surface area contributed by atoms with Gasteiger partial charge in [-0.05, 0) is 37.4 Å². The minimum absolute atomic E-state index is 0.0803. The number of nitrogens with zero attached hydrogens (tertiary/aromatic N) is 2. The fourth-order valence-electron chi connectivity index (χ4n) is 2.35. The molecule has 0 aliphatic carbocycles. The topological polar surface area (TPSA) is 75.0 Å². The molecule has 1 N–H and O–H groups in total. The van der Waals surface area contributed by atoms with Crippen molar-refractivity contribution < 1.29 is 18.7 Å². The molecule has 0 aliphatic rings. The Labute approximate surface area is 157 Å². The first-order chi connectivity index (χ1) is 12.4. The van der Waals surface area contributed by atoms with Crippen LogP contribution in [0.2, 0.25) is 5.02 Å². The summed E-state index contributed by atoms with van der Waals surface area (Å²) in [5.41, 5.74) is 0.459. The first-order valence-electron chi connectivity index (χ1n) is 7.97. The zero-order valence-electron chi connectivity index (χ0n) is 15.0. The molecule has 0 unspecified atom stereocenters. The Kier molecular flexibility index (Phi) is 7.06. The van der Waals surface area contributed by atoms with Crippen molar-refractivity contribution >= 4 is 29.1 Å². The summed E-state index contributed by atoms with van der Waals surface area (Å²) >= 11 is 5.94. The molecule has 2 rings (SSSR count). The number of hydrogen-bond acceptors (Lipinski definition) is 5. The zero-order valence-corrected chi connectivity index (χ0v) is 15.7. The average molecular weight is 380 g/mol. The van der Waals surface area contributed by atoms with Gasteiger partial charge in [-0.15, -0.1) is 0 Å². The number of carbonyl (C=O) groups is 2. The molecule has 1 aromatic heterocycles. The first kappa shape index (κ1) is 19.8. The maximum atomic E-state index is 12.3. The van der Waals surface area contributed by atoms with E-state index in [2.05, 4.69) is 5.32 Å². The lowest BCUT2D eigenvalue weighted by Gasteiger charge is -2.21. The van der Waals surface area contributed by atoms with Gasteiger partial charge in [-0.2, -0.15) is 0 Å². The summed E-state index contributed by atoms with van der Waals surface area (Å²) in [6, 6.07) is 8.57. The number of furan rings is 1. The number of amides is 2. The molecule has 1 aromatic carbocycles. The summed E-state index contributed by atoms with van der Waals surface area (Å²) < 4.78 is 10.4. The number of rotatable bonds is 8. The van der Waals surface area contributed by atoms with Crippen molar-refractivity contribution in [3.63, 3.8) is 0 Å². The van der Waals surface area contributed by atoms with Crippen molar-refractivity contribution in [1.29, 1.82) is 0 Å². The fraction of sp³-hybridized carbons (Fsp3) is 0.333. The third kappa shape index (κ3) is 5.79. The normalized spacial score (nSPS) is 10.7. The van der Waals surface area contributed by atoms with Crippen LogP contribution < -0.4 is 10.1 Å². The van der Waals surface area contributed by atoms with E-state index in [4.69, 9.17) is 20.8 Å². The van der Waals surface area contributed by atoms with Gasteiger partial charge in [0.05, 0.1) is 38.7 Å². The summed E-state index contributed by atoms with van der Waals surface area (Å²) in [6.45, 7) is 0.604. The van der Waals surface area contributed by atoms with Gasteiger partial charge in [-0.25, -0.2) is 0 Å². The minimum atomic E-state index is -0.338. The lowest BCUT2D eigenvalue weighted by molar-refractivity contribution is -0.134. The molecule has 0 radical (unpaired) electrons. The number of anilines is 1. The maximum absolute atomic E-state index is 12.3. The van der Waals surface area contributed by atoms with Crippen molar-refractivity contribution in [3.8, 4) is 5.75 Å². The smallest absolute Gasteiger partial charge is 0.244 e. The van der Waals surface area contributed by atoms with Gasteiger partial charge in [0.15, 0.2) is 0 Å². The highest BCUT2D eigenvalue weighted by molar-refractivity contribution is 6.31. The van der Waals surface area contributed by atoms with Crippen LogP contribution in [0.15, 0.2) is 41.0 Å². The molecule has 1 heterocycles. The Bertz CT molecular complexity index is 749. The molecule has 26 heavy (non-hydrogen) atoms. The van der Waals surface area contributed by atoms with Crippen LogP contribution in [-0.4, -0.2) is 55.9 Å². The van der Waals surface area contributed by atoms with Crippen LogP contribution in [0, 0.1) is 0 Å². The predicted molar refractivity (Wildman–Crippen MR) is 99.3 cm³/mol. The zero-order chi connectivity index (χ0) is 19.1. The summed E-state index contributed by atoms with van der Waals surface area (Å²) in [4.78, 5) is 27.7. The second kappa shape index (κ2) is 9.26. The molecule has 0 atom stereocenters. The van der Waals surface area contributed by atoms with Crippen LogP contribution >= 0.6 is 11.6 Å². The molecule has 0 saturated carbocycles. The third-order valence-electron chi connectivity index (χ3n) is 3.65. The Morgan fingerprint density at radius 3 is 2.65 bits per heavy atom. The minimum Gasteiger partial charge on any atom is -0.495 e. The SMILES string of the molecule is COc1ccc(Cl)cc1NC(=O)CN(C)C(=O)CN(C)Cc1ccco1. The van der Waals surface area contributed by atoms with Crippen LogP contribution in [0.1, 0.15) is 5.76 Å². The quantitative estimate of drug-likeness (QED) is 0.762. The summed E-state index contributed by atoms with van der Waals surface area (Å²) in [6.07, 6.45) is 1.59. The van der Waals surface area contributed by atoms with E-state index in [0.717, 1.165) is 5.76 Å². The van der Waals surface area contributed by atoms with Crippen LogP contribution in [0.3, 0.4) is 0 Å². The van der Waals surface area contributed by atoms with E-state index in [1.54, 1.807) is 37.6 Å². The molecule has 140 valence electrons. The molecule has 2 amide bonds. The van der Waals surface area contributed by atoms with Gasteiger partial charge in [0.25, 0.3) is 0 Å². The number of carbonyl (C=O) groups excluding carboxylic acids is 2. The highest BCUT2D eigenvalue weighted by Gasteiger charge is 2.16. The van der Waals surface area contributed by atoms with Crippen molar-refractivity contribution in [2.45, 2.75) is 6.54 Å². The predicted octanol–water partition coefficient (Wildman–Crippen LogP) is 2.47. The van der Waals surface area contributed by atoms with E-state index in [0.29, 0.717) is 23.0 Å². The standard InChI is InChI=1S/C18H22ClN3O4/c1-21(10-14-5-4-8-26-14)12-18(24)22(2)11-17(23)20-15-9-13(19)6-7-16(15)25-3/h4-9H,10-12H2,1-3H3,(H,20,23). The monoisotopic (exact) mass is 379 g/mol. The first-order valence-corrected chi connectivity index (χ1v) is 8.35. The van der Waals surface area contributed by atoms with E-state index in [-0.39, 0.29) is 24.9 Å². The molecule has 0 bridgehead atoms. The van der Waals surface area contributed by atoms with Gasteiger partial charge in [0.2, 0.25) is 11.8 Å². The maximum Gasteiger partial charge on any atom is 0.244 e. The molecule has 0 aliphatic heterocycles. The van der Waals surface area contributed by atoms with E-state index in [1.807, 2.05) is 18.0 Å². The largest absolute Gasteiger partial charge is 0.495 e. The number of nitrogens with one attached hydrogen (secondary N) is 1. The van der Waals surface area contributed by atoms with Crippen molar-refractivity contribution in [3.05, 3.63) is 47.4 Å². The number of benzene rings is 1. The van der Waals surface area contributed by atoms with E-state index >= 15 is 0 Å². The Morgan fingerprint density at radius 2 is 2.00 bits per heavy atom. The second-order valence-corrected chi connectivity index (χ2v) is 6.33. The molecule has 0 saturated heterocycles. The molecule has 0 fully saturated rings. The average Bonchev–Trinajstić information content (AvgIpc) is 3.07. The van der Waals surface area contributed by atoms with E-state index < -0.39 is 0 Å². The molecule has 7 nitrogen and oxygen atoms in total. The fourth-order valence-corrected chi connectivity index (χ4v) is 2.52. The molecular weight excluding hydrogens is 358 g/mol. The van der Waals surface area contributed by atoms with Gasteiger partial charge >= 0.3 is 0 Å². The molecule has 0 spiro atoms. The Morgan fingerprint density at radius 1 is 1.23 bits per heavy atom. The number of hydrogen-bond donors (Lipinski definition) is 1. The molecular formula is C18H22ClN3O4. The van der Waals surface area contributed by atoms with Gasteiger partial charge < -0.3 is 19.4 Å². The van der Waals surface area contributed by atoms with Crippen LogP contribution in [0.5, 0.6) is 5.75 Å². The van der Waals surface area contributed by atoms with Gasteiger partial charge in [-0.3, -0.25) is 14.5 Å². The lowest BCUT2D eigenvalue weighted by atomic mass is 10.3. The Hall–Kier alpha value is -2.51. The van der Waals surface area contributed by atoms with Gasteiger partial charge in [0.1, 0.15) is 11.5 Å². The summed E-state index contributed by atoms with van der Waals surface area (Å²) in [5, 5.41) is 3.18. The van der Waals surface area contributed by atoms with Crippen LogP contribution in [-0.2, 0) is 16.1 Å². The van der Waals surface area contributed by atoms with Crippen LogP contribution in [0.25, 0.3) is 0 Å². The summed E-state index contributed by atoms with van der Waals surface area (Å²) in [7, 11) is 4.90. The number of likely N-dealkylation sites (N-methyl/N-ethyl adjacent to an activating group) is 2.